The summed E-state index contributed by atoms with van der Waals surface area (Å²) in [5, 5.41) is -0.236. The lowest BCUT2D eigenvalue weighted by Crippen LogP contribution is -1.99. The van der Waals surface area contributed by atoms with E-state index in [2.05, 4.69) is 31.9 Å². The first-order valence-electron chi connectivity index (χ1n) is 5.56. The highest BCUT2D eigenvalue weighted by Gasteiger charge is 2.20. The average Bonchev–Trinajstić information content (AvgIpc) is 2.42. The van der Waals surface area contributed by atoms with Gasteiger partial charge in [0.2, 0.25) is 0 Å². The van der Waals surface area contributed by atoms with Gasteiger partial charge in [-0.3, -0.25) is 0 Å². The van der Waals surface area contributed by atoms with Crippen LogP contribution < -0.4 is 4.74 Å². The molecule has 0 radical (unpaired) electrons. The van der Waals surface area contributed by atoms with Crippen molar-refractivity contribution < 1.29 is 13.5 Å². The number of rotatable bonds is 3. The van der Waals surface area contributed by atoms with Gasteiger partial charge >= 0.3 is 0 Å². The van der Waals surface area contributed by atoms with Gasteiger partial charge in [0.25, 0.3) is 0 Å². The van der Waals surface area contributed by atoms with Gasteiger partial charge in [-0.2, -0.15) is 0 Å². The molecular formula is C14H9Br2ClF2O. The zero-order valence-electron chi connectivity index (χ0n) is 10.3. The van der Waals surface area contributed by atoms with Crippen LogP contribution in [0, 0.1) is 11.6 Å². The molecule has 0 spiro atoms. The van der Waals surface area contributed by atoms with Crippen molar-refractivity contribution in [1.82, 2.24) is 0 Å². The molecule has 2 aromatic rings. The fraction of sp³-hybridized carbons (Fsp3) is 0.143. The van der Waals surface area contributed by atoms with E-state index in [-0.39, 0.29) is 10.6 Å². The van der Waals surface area contributed by atoms with Crippen molar-refractivity contribution >= 4 is 43.5 Å². The Morgan fingerprint density at radius 1 is 1.10 bits per heavy atom. The zero-order valence-corrected chi connectivity index (χ0v) is 14.2. The van der Waals surface area contributed by atoms with E-state index in [1.54, 1.807) is 25.3 Å². The maximum Gasteiger partial charge on any atom is 0.142 e. The van der Waals surface area contributed by atoms with E-state index < -0.39 is 16.5 Å². The SMILES string of the molecule is COc1ccc(C(Br)c2cc(F)c(Cl)cc2F)c(Br)c1. The van der Waals surface area contributed by atoms with E-state index >= 15 is 0 Å². The van der Waals surface area contributed by atoms with Gasteiger partial charge in [-0.05, 0) is 29.8 Å². The Morgan fingerprint density at radius 2 is 1.80 bits per heavy atom. The molecule has 0 aliphatic carbocycles. The molecule has 0 aliphatic heterocycles. The number of ether oxygens (including phenoxy) is 1. The Morgan fingerprint density at radius 3 is 2.40 bits per heavy atom. The van der Waals surface area contributed by atoms with Crippen LogP contribution in [-0.2, 0) is 0 Å². The predicted molar refractivity (Wildman–Crippen MR) is 82.8 cm³/mol. The molecule has 0 aromatic heterocycles. The highest BCUT2D eigenvalue weighted by molar-refractivity contribution is 9.11. The summed E-state index contributed by atoms with van der Waals surface area (Å²) in [6.45, 7) is 0. The van der Waals surface area contributed by atoms with Crippen LogP contribution in [-0.4, -0.2) is 7.11 Å². The minimum atomic E-state index is -0.655. The summed E-state index contributed by atoms with van der Waals surface area (Å²) in [7, 11) is 1.56. The number of methoxy groups -OCH3 is 1. The van der Waals surface area contributed by atoms with E-state index in [1.165, 1.54) is 0 Å². The summed E-state index contributed by atoms with van der Waals surface area (Å²) in [6, 6.07) is 7.34. The maximum atomic E-state index is 13.9. The predicted octanol–water partition coefficient (Wildman–Crippen LogP) is 5.87. The minimum absolute atomic E-state index is 0.178. The molecule has 2 aromatic carbocycles. The van der Waals surface area contributed by atoms with Gasteiger partial charge in [0.15, 0.2) is 0 Å². The fourth-order valence-electron chi connectivity index (χ4n) is 1.74. The van der Waals surface area contributed by atoms with E-state index in [0.717, 1.165) is 22.2 Å². The molecule has 6 heteroatoms. The summed E-state index contributed by atoms with van der Waals surface area (Å²) in [4.78, 5) is -0.505. The van der Waals surface area contributed by atoms with Crippen LogP contribution in [0.3, 0.4) is 0 Å². The number of halogens is 5. The third-order valence-corrected chi connectivity index (χ3v) is 4.76. The molecule has 0 amide bonds. The van der Waals surface area contributed by atoms with Gasteiger partial charge < -0.3 is 4.74 Å². The normalized spacial score (nSPS) is 12.3. The van der Waals surface area contributed by atoms with Crippen molar-refractivity contribution in [2.45, 2.75) is 4.83 Å². The third-order valence-electron chi connectivity index (χ3n) is 2.79. The molecule has 0 aliphatic rings. The molecule has 2 rings (SSSR count). The lowest BCUT2D eigenvalue weighted by molar-refractivity contribution is 0.414. The molecule has 0 saturated heterocycles. The first-order valence-corrected chi connectivity index (χ1v) is 7.64. The summed E-state index contributed by atoms with van der Waals surface area (Å²) in [5.41, 5.74) is 0.934. The molecular weight excluding hydrogens is 417 g/mol. The molecule has 20 heavy (non-hydrogen) atoms. The second-order valence-electron chi connectivity index (χ2n) is 4.04. The van der Waals surface area contributed by atoms with Gasteiger partial charge in [-0.15, -0.1) is 0 Å². The first kappa shape index (κ1) is 15.7. The average molecular weight is 426 g/mol. The molecule has 0 saturated carbocycles. The van der Waals surface area contributed by atoms with Crippen molar-refractivity contribution in [2.75, 3.05) is 7.11 Å². The fourth-order valence-corrected chi connectivity index (χ4v) is 3.53. The molecule has 106 valence electrons. The molecule has 1 atom stereocenters. The van der Waals surface area contributed by atoms with Gasteiger partial charge in [0.1, 0.15) is 17.4 Å². The van der Waals surface area contributed by atoms with Crippen molar-refractivity contribution in [2.24, 2.45) is 0 Å². The Labute approximate surface area is 137 Å². The monoisotopic (exact) mass is 424 g/mol. The molecule has 0 N–H and O–H groups in total. The van der Waals surface area contributed by atoms with E-state index in [9.17, 15) is 8.78 Å². The molecule has 0 heterocycles. The van der Waals surface area contributed by atoms with Crippen LogP contribution >= 0.6 is 43.5 Å². The lowest BCUT2D eigenvalue weighted by Gasteiger charge is -2.15. The van der Waals surface area contributed by atoms with Gasteiger partial charge in [-0.25, -0.2) is 8.78 Å². The van der Waals surface area contributed by atoms with Crippen LogP contribution in [0.4, 0.5) is 8.78 Å². The van der Waals surface area contributed by atoms with Crippen molar-refractivity contribution in [3.05, 3.63) is 62.6 Å². The van der Waals surface area contributed by atoms with Gasteiger partial charge in [0.05, 0.1) is 17.0 Å². The van der Waals surface area contributed by atoms with Crippen molar-refractivity contribution in [3.8, 4) is 5.75 Å². The Hall–Kier alpha value is -0.650. The summed E-state index contributed by atoms with van der Waals surface area (Å²) >= 11 is 12.3. The number of hydrogen-bond acceptors (Lipinski definition) is 1. The van der Waals surface area contributed by atoms with E-state index in [0.29, 0.717) is 5.75 Å². The molecule has 0 bridgehead atoms. The molecule has 1 unspecified atom stereocenters. The maximum absolute atomic E-state index is 13.9. The second-order valence-corrected chi connectivity index (χ2v) is 6.22. The highest BCUT2D eigenvalue weighted by atomic mass is 79.9. The number of benzene rings is 2. The Bertz CT molecular complexity index is 649. The highest BCUT2D eigenvalue weighted by Crippen LogP contribution is 2.39. The second kappa shape index (κ2) is 6.41. The van der Waals surface area contributed by atoms with Crippen LogP contribution in [0.15, 0.2) is 34.8 Å². The third kappa shape index (κ3) is 3.15. The van der Waals surface area contributed by atoms with Crippen molar-refractivity contribution in [3.63, 3.8) is 0 Å². The smallest absolute Gasteiger partial charge is 0.142 e. The summed E-state index contributed by atoms with van der Waals surface area (Å²) < 4.78 is 33.3. The first-order chi connectivity index (χ1) is 9.43. The Balaban J connectivity index is 2.46. The van der Waals surface area contributed by atoms with E-state index in [4.69, 9.17) is 16.3 Å². The Kier molecular flexibility index (Phi) is 5.04. The molecule has 1 nitrogen and oxygen atoms in total. The standard InChI is InChI=1S/C14H9Br2ClF2O/c1-20-7-2-3-8(10(15)4-7)14(16)9-5-13(19)11(17)6-12(9)18/h2-6,14H,1H3. The largest absolute Gasteiger partial charge is 0.497 e. The zero-order chi connectivity index (χ0) is 14.9. The van der Waals surface area contributed by atoms with E-state index in [1.807, 2.05) is 0 Å². The lowest BCUT2D eigenvalue weighted by atomic mass is 10.0. The van der Waals surface area contributed by atoms with Crippen molar-refractivity contribution in [1.29, 1.82) is 0 Å². The summed E-state index contributed by atoms with van der Waals surface area (Å²) in [5.74, 6) is -0.554. The van der Waals surface area contributed by atoms with Crippen LogP contribution in [0.1, 0.15) is 16.0 Å². The number of alkyl halides is 1. The minimum Gasteiger partial charge on any atom is -0.497 e. The molecule has 0 fully saturated rings. The van der Waals surface area contributed by atoms with Gasteiger partial charge in [0, 0.05) is 10.0 Å². The number of hydrogen-bond donors (Lipinski definition) is 0. The van der Waals surface area contributed by atoms with Gasteiger partial charge in [-0.1, -0.05) is 49.5 Å². The quantitative estimate of drug-likeness (QED) is 0.440. The van der Waals surface area contributed by atoms with Crippen LogP contribution in [0.5, 0.6) is 5.75 Å². The topological polar surface area (TPSA) is 9.23 Å². The van der Waals surface area contributed by atoms with Crippen LogP contribution in [0.2, 0.25) is 5.02 Å². The summed E-state index contributed by atoms with van der Waals surface area (Å²) in [6.07, 6.45) is 0. The van der Waals surface area contributed by atoms with Crippen LogP contribution in [0.25, 0.3) is 0 Å².